The summed E-state index contributed by atoms with van der Waals surface area (Å²) in [6.07, 6.45) is 7.19. The van der Waals surface area contributed by atoms with E-state index >= 15 is 0 Å². The fourth-order valence-electron chi connectivity index (χ4n) is 0.833. The molecule has 50 valence electrons. The average molecular weight is 138 g/mol. The molecule has 0 saturated heterocycles. The van der Waals surface area contributed by atoms with Crippen LogP contribution < -0.4 is 0 Å². The first kappa shape index (κ1) is 16.6. The molecule has 0 fully saturated rings. The minimum atomic E-state index is 1.17. The van der Waals surface area contributed by atoms with E-state index in [4.69, 9.17) is 0 Å². The van der Waals surface area contributed by atoms with Crippen LogP contribution in [0.5, 0.6) is 0 Å². The van der Waals surface area contributed by atoms with Crippen LogP contribution in [0.3, 0.4) is 0 Å². The van der Waals surface area contributed by atoms with Crippen molar-refractivity contribution in [1.82, 2.24) is 0 Å². The van der Waals surface area contributed by atoms with Crippen molar-refractivity contribution in [1.29, 1.82) is 0 Å². The van der Waals surface area contributed by atoms with Gasteiger partial charge >= 0.3 is 116 Å². The Morgan fingerprint density at radius 2 is 1.00 bits per heavy atom. The monoisotopic (exact) mass is 138 g/mol. The molecule has 0 rings (SSSR count). The average Bonchev–Trinajstić information content (AvgIpc) is 2.12. The summed E-state index contributed by atoms with van der Waals surface area (Å²) in [5.74, 6) is 0. The van der Waals surface area contributed by atoms with E-state index in [1.807, 2.05) is 0 Å². The van der Waals surface area contributed by atoms with Crippen molar-refractivity contribution in [3.63, 3.8) is 0 Å². The van der Waals surface area contributed by atoms with E-state index in [2.05, 4.69) is 83.0 Å². The summed E-state index contributed by atoms with van der Waals surface area (Å²) in [4.78, 5) is 0. The molecule has 0 aromatic heterocycles. The topological polar surface area (TPSA) is 0 Å². The maximum absolute atomic E-state index is 2.23. The first-order valence-corrected chi connectivity index (χ1v) is 5.48. The van der Waals surface area contributed by atoms with Crippen LogP contribution in [-0.2, 0) is 0 Å². The molecule has 12 heavy (non-hydrogen) atoms. The Bertz CT molecular complexity index is 73.1. The zero-order valence-corrected chi connectivity index (χ0v) is 9.40. The fourth-order valence-corrected chi connectivity index (χ4v) is 0.833. The molecule has 0 unspecified atom stereocenters. The zero-order chi connectivity index (χ0) is 9.66. The molecule has 0 heterocycles. The Morgan fingerprint density at radius 3 is 1.17 bits per heavy atom. The van der Waals surface area contributed by atoms with Crippen LogP contribution >= 0.6 is 0 Å². The molecule has 0 spiro atoms. The molecule has 0 aromatic carbocycles. The standard InChI is InChI=1S/C4H8.C4H6.4Li/c2*1-3-4-2;;;;/h1-4H2;3-4H,1-2H2;;;;. The molecule has 0 N–H and O–H groups in total. The van der Waals surface area contributed by atoms with Crippen molar-refractivity contribution < 1.29 is 0 Å². The summed E-state index contributed by atoms with van der Waals surface area (Å²) in [5, 5.41) is 5.06. The van der Waals surface area contributed by atoms with Crippen molar-refractivity contribution in [2.45, 2.75) is 33.2 Å². The first-order valence-electron chi connectivity index (χ1n) is 5.48. The van der Waals surface area contributed by atoms with Gasteiger partial charge in [0.25, 0.3) is 0 Å². The molecule has 4 heteroatoms. The van der Waals surface area contributed by atoms with Gasteiger partial charge in [0.05, 0.1) is 0 Å². The molecule has 0 amide bonds. The molecule has 0 aliphatic carbocycles. The van der Waals surface area contributed by atoms with E-state index < -0.39 is 0 Å². The van der Waals surface area contributed by atoms with Crippen LogP contribution in [-0.4, -0.2) is 70.9 Å². The Labute approximate surface area is 115 Å². The van der Waals surface area contributed by atoms with Gasteiger partial charge in [-0.2, -0.15) is 0 Å². The van der Waals surface area contributed by atoms with Gasteiger partial charge < -0.3 is 0 Å². The Balaban J connectivity index is 0. The van der Waals surface area contributed by atoms with Gasteiger partial charge in [-0.05, 0) is 0 Å². The Kier molecular flexibility index (Phi) is 26.0. The molecule has 0 atom stereocenters. The Hall–Kier alpha value is 2.13. The minimum absolute atomic E-state index is 1.17. The first-order chi connectivity index (χ1) is 5.83. The second kappa shape index (κ2) is 18.8. The SMILES string of the molecule is [Li][CH2]C=C[CH2][Li].[Li][CH2]CC[CH2][Li]. The van der Waals surface area contributed by atoms with E-state index in [9.17, 15) is 0 Å². The molecule has 0 aromatic rings. The quantitative estimate of drug-likeness (QED) is 0.308. The molecule has 0 radical (unpaired) electrons. The van der Waals surface area contributed by atoms with E-state index in [1.165, 1.54) is 33.2 Å². The summed E-state index contributed by atoms with van der Waals surface area (Å²) < 4.78 is 0. The van der Waals surface area contributed by atoms with Crippen LogP contribution in [0.4, 0.5) is 0 Å². The number of allylic oxidation sites excluding steroid dienone is 2. The van der Waals surface area contributed by atoms with E-state index in [1.54, 1.807) is 0 Å². The van der Waals surface area contributed by atoms with Gasteiger partial charge in [0, 0.05) is 0 Å². The van der Waals surface area contributed by atoms with Crippen molar-refractivity contribution in [2.75, 3.05) is 0 Å². The van der Waals surface area contributed by atoms with E-state index in [0.29, 0.717) is 0 Å². The summed E-state index contributed by atoms with van der Waals surface area (Å²) in [7, 11) is 0. The summed E-state index contributed by atoms with van der Waals surface area (Å²) in [6.45, 7) is 0. The summed E-state index contributed by atoms with van der Waals surface area (Å²) in [6, 6.07) is 0. The normalized spacial score (nSPS) is 10.0. The van der Waals surface area contributed by atoms with E-state index in [-0.39, 0.29) is 0 Å². The number of unbranched alkanes of at least 4 members (excludes halogenated alkanes) is 1. The number of hydrogen-bond donors (Lipinski definition) is 0. The molecular formula is C8H14Li4. The molecule has 0 nitrogen and oxygen atoms in total. The van der Waals surface area contributed by atoms with Crippen molar-refractivity contribution >= 4 is 70.9 Å². The fraction of sp³-hybridized carbons (Fsp3) is 0.750. The van der Waals surface area contributed by atoms with Crippen molar-refractivity contribution in [3.05, 3.63) is 12.2 Å². The van der Waals surface area contributed by atoms with Crippen LogP contribution in [0.1, 0.15) is 12.8 Å². The van der Waals surface area contributed by atoms with Crippen LogP contribution in [0.2, 0.25) is 20.4 Å². The number of rotatable bonds is 5. The van der Waals surface area contributed by atoms with Crippen LogP contribution in [0.25, 0.3) is 0 Å². The van der Waals surface area contributed by atoms with Gasteiger partial charge in [0.15, 0.2) is 0 Å². The third-order valence-corrected chi connectivity index (χ3v) is 1.60. The third kappa shape index (κ3) is 22.7. The molecule has 0 aliphatic heterocycles. The van der Waals surface area contributed by atoms with E-state index in [0.717, 1.165) is 0 Å². The molecular weight excluding hydrogens is 124 g/mol. The molecule has 0 saturated carbocycles. The zero-order valence-electron chi connectivity index (χ0n) is 9.40. The molecule has 0 bridgehead atoms. The predicted octanol–water partition coefficient (Wildman–Crippen LogP) is 1.66. The summed E-state index contributed by atoms with van der Waals surface area (Å²) in [5.41, 5.74) is 0. The van der Waals surface area contributed by atoms with Gasteiger partial charge in [-0.3, -0.25) is 0 Å². The van der Waals surface area contributed by atoms with Crippen LogP contribution in [0, 0.1) is 0 Å². The van der Waals surface area contributed by atoms with Gasteiger partial charge in [-0.1, -0.05) is 0 Å². The van der Waals surface area contributed by atoms with Gasteiger partial charge in [-0.25, -0.2) is 0 Å². The second-order valence-electron chi connectivity index (χ2n) is 3.00. The van der Waals surface area contributed by atoms with Crippen molar-refractivity contribution in [2.24, 2.45) is 0 Å². The second-order valence-corrected chi connectivity index (χ2v) is 3.00. The maximum atomic E-state index is 2.23. The predicted molar refractivity (Wildman–Crippen MR) is 60.6 cm³/mol. The van der Waals surface area contributed by atoms with Gasteiger partial charge in [0.2, 0.25) is 0 Å². The summed E-state index contributed by atoms with van der Waals surface area (Å²) >= 11 is 8.75. The number of hydrogen-bond acceptors (Lipinski definition) is 0. The molecule has 0 aliphatic rings. The Morgan fingerprint density at radius 1 is 0.667 bits per heavy atom. The van der Waals surface area contributed by atoms with Crippen molar-refractivity contribution in [3.8, 4) is 0 Å². The van der Waals surface area contributed by atoms with Gasteiger partial charge in [0.1, 0.15) is 0 Å². The van der Waals surface area contributed by atoms with Gasteiger partial charge in [-0.15, -0.1) is 0 Å². The van der Waals surface area contributed by atoms with Crippen LogP contribution in [0.15, 0.2) is 12.2 Å². The third-order valence-electron chi connectivity index (χ3n) is 1.60.